The fourth-order valence-electron chi connectivity index (χ4n) is 2.06. The number of aliphatic imine (C=N–C) groups is 1. The third-order valence-electron chi connectivity index (χ3n) is 3.54. The maximum atomic E-state index is 13.4. The summed E-state index contributed by atoms with van der Waals surface area (Å²) in [6.45, 7) is 4.11. The highest BCUT2D eigenvalue weighted by molar-refractivity contribution is 7.90. The molecule has 0 radical (unpaired) electrons. The molecule has 1 saturated carbocycles. The van der Waals surface area contributed by atoms with Crippen molar-refractivity contribution in [3.63, 3.8) is 0 Å². The van der Waals surface area contributed by atoms with Crippen molar-refractivity contribution < 1.29 is 12.8 Å². The number of nitrogens with one attached hydrogen (secondary N) is 2. The molecule has 5 nitrogen and oxygen atoms in total. The molecule has 108 valence electrons. The Labute approximate surface area is 121 Å². The Kier molecular flexibility index (Phi) is 2.78. The first kappa shape index (κ1) is 13.6. The summed E-state index contributed by atoms with van der Waals surface area (Å²) in [4.78, 5) is 4.15. The molecule has 1 aliphatic heterocycles. The van der Waals surface area contributed by atoms with Gasteiger partial charge < -0.3 is 5.32 Å². The quantitative estimate of drug-likeness (QED) is 0.835. The molecule has 0 bridgehead atoms. The minimum atomic E-state index is -3.83. The highest BCUT2D eigenvalue weighted by Gasteiger charge is 2.46. The van der Waals surface area contributed by atoms with E-state index in [2.05, 4.69) is 28.9 Å². The van der Waals surface area contributed by atoms with Crippen molar-refractivity contribution >= 4 is 33.3 Å². The van der Waals surface area contributed by atoms with Crippen molar-refractivity contribution in [3.8, 4) is 0 Å². The maximum absolute atomic E-state index is 13.4. The third kappa shape index (κ3) is 2.25. The number of halogens is 2. The van der Waals surface area contributed by atoms with Gasteiger partial charge in [0.05, 0.1) is 16.8 Å². The fraction of sp³-hybridized carbons (Fsp3) is 0.417. The summed E-state index contributed by atoms with van der Waals surface area (Å²) in [5.41, 5.74) is 0.313. The van der Waals surface area contributed by atoms with E-state index in [-0.39, 0.29) is 33.0 Å². The predicted octanol–water partition coefficient (Wildman–Crippen LogP) is 2.34. The highest BCUT2D eigenvalue weighted by atomic mass is 35.5. The normalized spacial score (nSPS) is 27.4. The first-order valence-electron chi connectivity index (χ1n) is 6.06. The largest absolute Gasteiger partial charge is 0.324 e. The van der Waals surface area contributed by atoms with Crippen LogP contribution in [0.1, 0.15) is 20.3 Å². The molecule has 1 heterocycles. The van der Waals surface area contributed by atoms with Gasteiger partial charge in [-0.25, -0.2) is 22.5 Å². The molecular formula is C12H13ClFN3O2S. The number of hydrogen-bond donors (Lipinski definition) is 2. The van der Waals surface area contributed by atoms with Crippen LogP contribution in [-0.2, 0) is 10.0 Å². The van der Waals surface area contributed by atoms with Crippen molar-refractivity contribution in [2.45, 2.75) is 31.2 Å². The first-order chi connectivity index (χ1) is 9.19. The van der Waals surface area contributed by atoms with E-state index in [1.165, 1.54) is 6.07 Å². The molecule has 2 aliphatic rings. The summed E-state index contributed by atoms with van der Waals surface area (Å²) in [6.07, 6.45) is 0.900. The van der Waals surface area contributed by atoms with E-state index in [4.69, 9.17) is 11.6 Å². The van der Waals surface area contributed by atoms with Gasteiger partial charge in [-0.15, -0.1) is 0 Å². The van der Waals surface area contributed by atoms with E-state index >= 15 is 0 Å². The van der Waals surface area contributed by atoms with E-state index < -0.39 is 15.8 Å². The van der Waals surface area contributed by atoms with Gasteiger partial charge in [0.25, 0.3) is 10.0 Å². The van der Waals surface area contributed by atoms with Crippen LogP contribution < -0.4 is 10.0 Å². The van der Waals surface area contributed by atoms with Crippen molar-refractivity contribution in [2.24, 2.45) is 10.4 Å². The number of fused-ring (bicyclic) bond motifs is 1. The molecule has 0 amide bonds. The van der Waals surface area contributed by atoms with E-state index in [1.807, 2.05) is 0 Å². The minimum Gasteiger partial charge on any atom is -0.324 e. The zero-order chi connectivity index (χ0) is 14.7. The minimum absolute atomic E-state index is 0.0742. The molecular weight excluding hydrogens is 305 g/mol. The van der Waals surface area contributed by atoms with Crippen LogP contribution in [0.3, 0.4) is 0 Å². The van der Waals surface area contributed by atoms with Gasteiger partial charge in [-0.05, 0) is 24.0 Å². The second-order valence-corrected chi connectivity index (χ2v) is 7.74. The second kappa shape index (κ2) is 4.08. The van der Waals surface area contributed by atoms with Gasteiger partial charge in [0, 0.05) is 0 Å². The summed E-state index contributed by atoms with van der Waals surface area (Å²) in [5, 5.41) is 2.70. The average Bonchev–Trinajstić information content (AvgIpc) is 2.88. The molecule has 1 unspecified atom stereocenters. The van der Waals surface area contributed by atoms with Crippen molar-refractivity contribution in [1.29, 1.82) is 0 Å². The van der Waals surface area contributed by atoms with Crippen LogP contribution in [0.15, 0.2) is 22.0 Å². The smallest absolute Gasteiger partial charge is 0.266 e. The zero-order valence-electron chi connectivity index (χ0n) is 10.9. The Morgan fingerprint density at radius 1 is 1.45 bits per heavy atom. The van der Waals surface area contributed by atoms with Crippen LogP contribution in [0.4, 0.5) is 10.1 Å². The number of rotatable bonds is 1. The van der Waals surface area contributed by atoms with Crippen LogP contribution >= 0.6 is 11.6 Å². The molecule has 2 N–H and O–H groups in total. The molecule has 0 saturated heterocycles. The Morgan fingerprint density at radius 3 is 2.70 bits per heavy atom. The number of guanidine groups is 1. The predicted molar refractivity (Wildman–Crippen MR) is 75.0 cm³/mol. The molecule has 0 aromatic heterocycles. The van der Waals surface area contributed by atoms with Gasteiger partial charge in [-0.2, -0.15) is 0 Å². The van der Waals surface area contributed by atoms with Crippen molar-refractivity contribution in [2.75, 3.05) is 5.32 Å². The standard InChI is InChI=1S/C12H13ClFN3O2S/c1-12(2)5-10(12)16-11-15-8-3-6(13)7(14)4-9(8)20(18,19)17-11/h3-4,10H,5H2,1-2H3,(H2,15,16,17). The van der Waals surface area contributed by atoms with Crippen LogP contribution in [-0.4, -0.2) is 20.4 Å². The Balaban J connectivity index is 2.02. The Hall–Kier alpha value is -1.34. The van der Waals surface area contributed by atoms with Crippen LogP contribution in [0.25, 0.3) is 0 Å². The summed E-state index contributed by atoms with van der Waals surface area (Å²) in [5.74, 6) is -0.628. The number of benzene rings is 1. The lowest BCUT2D eigenvalue weighted by Gasteiger charge is -2.22. The summed E-state index contributed by atoms with van der Waals surface area (Å²) in [7, 11) is -3.83. The number of hydrogen-bond acceptors (Lipinski definition) is 3. The van der Waals surface area contributed by atoms with Crippen molar-refractivity contribution in [3.05, 3.63) is 23.0 Å². The third-order valence-corrected chi connectivity index (χ3v) is 5.21. The molecule has 1 aromatic rings. The molecule has 0 spiro atoms. The molecule has 3 rings (SSSR count). The monoisotopic (exact) mass is 317 g/mol. The summed E-state index contributed by atoms with van der Waals surface area (Å²) in [6, 6.07) is 2.22. The number of anilines is 1. The van der Waals surface area contributed by atoms with Gasteiger partial charge in [-0.1, -0.05) is 25.4 Å². The fourth-order valence-corrected chi connectivity index (χ4v) is 3.35. The lowest BCUT2D eigenvalue weighted by Crippen LogP contribution is -2.41. The lowest BCUT2D eigenvalue weighted by atomic mass is 10.2. The van der Waals surface area contributed by atoms with E-state index in [0.717, 1.165) is 12.5 Å². The van der Waals surface area contributed by atoms with Crippen LogP contribution in [0.5, 0.6) is 0 Å². The zero-order valence-corrected chi connectivity index (χ0v) is 12.4. The van der Waals surface area contributed by atoms with E-state index in [1.54, 1.807) is 0 Å². The molecule has 20 heavy (non-hydrogen) atoms. The average molecular weight is 318 g/mol. The molecule has 1 aromatic carbocycles. The molecule has 1 aliphatic carbocycles. The Morgan fingerprint density at radius 2 is 2.10 bits per heavy atom. The molecule has 1 atom stereocenters. The highest BCUT2D eigenvalue weighted by Crippen LogP contribution is 2.47. The first-order valence-corrected chi connectivity index (χ1v) is 7.92. The second-order valence-electron chi connectivity index (χ2n) is 5.68. The van der Waals surface area contributed by atoms with E-state index in [9.17, 15) is 12.8 Å². The van der Waals surface area contributed by atoms with Gasteiger partial charge in [-0.3, -0.25) is 0 Å². The SMILES string of the molecule is CC1(C)CC1N=C1Nc2cc(Cl)c(F)cc2S(=O)(=O)N1. The van der Waals surface area contributed by atoms with Gasteiger partial charge in [0.15, 0.2) is 0 Å². The van der Waals surface area contributed by atoms with Gasteiger partial charge in [0.2, 0.25) is 5.96 Å². The molecule has 8 heteroatoms. The van der Waals surface area contributed by atoms with Crippen molar-refractivity contribution in [1.82, 2.24) is 4.72 Å². The van der Waals surface area contributed by atoms with Gasteiger partial charge >= 0.3 is 0 Å². The lowest BCUT2D eigenvalue weighted by molar-refractivity contribution is 0.586. The Bertz CT molecular complexity index is 730. The van der Waals surface area contributed by atoms with Crippen LogP contribution in [0.2, 0.25) is 5.02 Å². The summed E-state index contributed by atoms with van der Waals surface area (Å²) < 4.78 is 39.8. The molecule has 1 fully saturated rings. The van der Waals surface area contributed by atoms with E-state index in [0.29, 0.717) is 0 Å². The number of nitrogens with zero attached hydrogens (tertiary/aromatic N) is 1. The van der Waals surface area contributed by atoms with Gasteiger partial charge in [0.1, 0.15) is 10.7 Å². The number of sulfonamides is 1. The topological polar surface area (TPSA) is 70.6 Å². The summed E-state index contributed by atoms with van der Waals surface area (Å²) >= 11 is 5.68. The maximum Gasteiger partial charge on any atom is 0.266 e. The van der Waals surface area contributed by atoms with Crippen LogP contribution in [0, 0.1) is 11.2 Å².